The number of aryl methyl sites for hydroxylation is 1. The molecule has 0 bridgehead atoms. The predicted octanol–water partition coefficient (Wildman–Crippen LogP) is 2.42. The van der Waals surface area contributed by atoms with E-state index in [1.165, 1.54) is 13.0 Å². The van der Waals surface area contributed by atoms with Gasteiger partial charge in [-0.05, 0) is 50.1 Å². The van der Waals surface area contributed by atoms with Crippen molar-refractivity contribution >= 4 is 29.3 Å². The summed E-state index contributed by atoms with van der Waals surface area (Å²) in [6.45, 7) is 2.28. The molecule has 0 saturated carbocycles. The van der Waals surface area contributed by atoms with E-state index in [0.29, 0.717) is 48.4 Å². The summed E-state index contributed by atoms with van der Waals surface area (Å²) in [5, 5.41) is 11.8. The zero-order valence-corrected chi connectivity index (χ0v) is 16.3. The van der Waals surface area contributed by atoms with Crippen LogP contribution in [0.3, 0.4) is 0 Å². The highest BCUT2D eigenvalue weighted by Crippen LogP contribution is 2.20. The minimum atomic E-state index is -0.814. The minimum absolute atomic E-state index is 0.116. The molecule has 1 aliphatic rings. The van der Waals surface area contributed by atoms with Crippen molar-refractivity contribution in [3.05, 3.63) is 53.3 Å². The number of carbonyl (C=O) groups excluding carboxylic acids is 3. The molecule has 29 heavy (non-hydrogen) atoms. The number of anilines is 1. The summed E-state index contributed by atoms with van der Waals surface area (Å²) in [5.41, 5.74) is 1.83. The number of nitrogens with one attached hydrogen (secondary N) is 1. The molecule has 3 rings (SSSR count). The molecule has 1 aromatic heterocycles. The molecule has 1 fully saturated rings. The van der Waals surface area contributed by atoms with Crippen molar-refractivity contribution in [3.8, 4) is 0 Å². The van der Waals surface area contributed by atoms with Crippen LogP contribution in [0.25, 0.3) is 0 Å². The summed E-state index contributed by atoms with van der Waals surface area (Å²) in [6.07, 6.45) is 2.51. The zero-order chi connectivity index (χ0) is 21.1. The van der Waals surface area contributed by atoms with Crippen molar-refractivity contribution in [1.29, 1.82) is 0 Å². The molecule has 0 spiro atoms. The van der Waals surface area contributed by atoms with Gasteiger partial charge in [0.05, 0.1) is 5.92 Å². The molecule has 8 heteroatoms. The molecule has 1 aromatic carbocycles. The Morgan fingerprint density at radius 2 is 1.66 bits per heavy atom. The van der Waals surface area contributed by atoms with Crippen LogP contribution in [0, 0.1) is 5.92 Å². The van der Waals surface area contributed by atoms with E-state index in [1.807, 2.05) is 0 Å². The first-order valence-electron chi connectivity index (χ1n) is 9.37. The van der Waals surface area contributed by atoms with Gasteiger partial charge < -0.3 is 19.9 Å². The fourth-order valence-corrected chi connectivity index (χ4v) is 3.39. The lowest BCUT2D eigenvalue weighted by molar-refractivity contribution is -0.143. The Morgan fingerprint density at radius 3 is 2.17 bits per heavy atom. The quantitative estimate of drug-likeness (QED) is 0.753. The fourth-order valence-electron chi connectivity index (χ4n) is 3.39. The Bertz CT molecular complexity index is 953. The summed E-state index contributed by atoms with van der Waals surface area (Å²) >= 11 is 0. The molecule has 8 nitrogen and oxygen atoms in total. The zero-order valence-electron chi connectivity index (χ0n) is 16.3. The van der Waals surface area contributed by atoms with Gasteiger partial charge in [0.25, 0.3) is 11.8 Å². The van der Waals surface area contributed by atoms with Gasteiger partial charge in [-0.15, -0.1) is 0 Å². The molecule has 2 N–H and O–H groups in total. The molecular weight excluding hydrogens is 374 g/mol. The number of carboxylic acids is 1. The molecule has 0 radical (unpaired) electrons. The number of likely N-dealkylation sites (tertiary alicyclic amines) is 1. The lowest BCUT2D eigenvalue weighted by Gasteiger charge is -2.30. The van der Waals surface area contributed by atoms with Crippen molar-refractivity contribution < 1.29 is 24.3 Å². The second-order valence-electron chi connectivity index (χ2n) is 7.22. The molecule has 2 aromatic rings. The van der Waals surface area contributed by atoms with Gasteiger partial charge in [-0.25, -0.2) is 0 Å². The Balaban J connectivity index is 1.63. The van der Waals surface area contributed by atoms with E-state index in [9.17, 15) is 19.2 Å². The number of carbonyl (C=O) groups is 4. The molecule has 0 atom stereocenters. The van der Waals surface area contributed by atoms with Gasteiger partial charge in [0, 0.05) is 43.1 Å². The van der Waals surface area contributed by atoms with Crippen LogP contribution in [-0.2, 0) is 11.8 Å². The maximum atomic E-state index is 12.6. The number of amides is 2. The molecule has 1 aliphatic heterocycles. The Labute approximate surface area is 168 Å². The monoisotopic (exact) mass is 397 g/mol. The average molecular weight is 397 g/mol. The third kappa shape index (κ3) is 4.53. The number of ketones is 1. The number of nitrogens with zero attached hydrogens (tertiary/aromatic N) is 2. The Kier molecular flexibility index (Phi) is 5.81. The summed E-state index contributed by atoms with van der Waals surface area (Å²) < 4.78 is 1.59. The van der Waals surface area contributed by atoms with Crippen LogP contribution < -0.4 is 5.32 Å². The van der Waals surface area contributed by atoms with E-state index < -0.39 is 11.9 Å². The van der Waals surface area contributed by atoms with E-state index in [1.54, 1.807) is 47.0 Å². The second kappa shape index (κ2) is 8.30. The number of hydrogen-bond acceptors (Lipinski definition) is 4. The Morgan fingerprint density at radius 1 is 1.03 bits per heavy atom. The SMILES string of the molecule is CC(=O)c1cc(C(=O)Nc2ccc(C(=O)N3CCC(C(=O)O)CC3)cc2)n(C)c1. The van der Waals surface area contributed by atoms with Crippen LogP contribution in [0.5, 0.6) is 0 Å². The highest BCUT2D eigenvalue weighted by Gasteiger charge is 2.27. The molecule has 2 amide bonds. The smallest absolute Gasteiger partial charge is 0.306 e. The Hall–Kier alpha value is -3.42. The number of aromatic nitrogens is 1. The first kappa shape index (κ1) is 20.3. The molecule has 1 saturated heterocycles. The van der Waals surface area contributed by atoms with Gasteiger partial charge in [-0.3, -0.25) is 19.2 Å². The van der Waals surface area contributed by atoms with Gasteiger partial charge in [0.2, 0.25) is 0 Å². The van der Waals surface area contributed by atoms with Crippen molar-refractivity contribution in [2.24, 2.45) is 13.0 Å². The lowest BCUT2D eigenvalue weighted by Crippen LogP contribution is -2.40. The molecule has 0 aliphatic carbocycles. The largest absolute Gasteiger partial charge is 0.481 e. The fraction of sp³-hybridized carbons (Fsp3) is 0.333. The first-order chi connectivity index (χ1) is 13.8. The maximum absolute atomic E-state index is 12.6. The van der Waals surface area contributed by atoms with Crippen LogP contribution in [0.2, 0.25) is 0 Å². The number of rotatable bonds is 5. The summed E-state index contributed by atoms with van der Waals surface area (Å²) in [4.78, 5) is 49.2. The third-order valence-electron chi connectivity index (χ3n) is 5.17. The van der Waals surface area contributed by atoms with Crippen LogP contribution in [0.4, 0.5) is 5.69 Å². The molecule has 2 heterocycles. The predicted molar refractivity (Wildman–Crippen MR) is 106 cm³/mol. The van der Waals surface area contributed by atoms with Crippen molar-refractivity contribution in [2.45, 2.75) is 19.8 Å². The van der Waals surface area contributed by atoms with E-state index in [-0.39, 0.29) is 17.6 Å². The van der Waals surface area contributed by atoms with Gasteiger partial charge in [-0.1, -0.05) is 0 Å². The molecular formula is C21H23N3O5. The summed E-state index contributed by atoms with van der Waals surface area (Å²) in [6, 6.07) is 8.09. The van der Waals surface area contributed by atoms with Crippen LogP contribution in [-0.4, -0.2) is 51.2 Å². The van der Waals surface area contributed by atoms with Gasteiger partial charge in [0.15, 0.2) is 5.78 Å². The van der Waals surface area contributed by atoms with E-state index in [4.69, 9.17) is 5.11 Å². The number of piperidine rings is 1. The summed E-state index contributed by atoms with van der Waals surface area (Å²) in [5.74, 6) is -1.83. The van der Waals surface area contributed by atoms with Crippen LogP contribution in [0.1, 0.15) is 51.0 Å². The third-order valence-corrected chi connectivity index (χ3v) is 5.17. The second-order valence-corrected chi connectivity index (χ2v) is 7.22. The number of carboxylic acid groups (broad SMARTS) is 1. The minimum Gasteiger partial charge on any atom is -0.481 e. The summed E-state index contributed by atoms with van der Waals surface area (Å²) in [7, 11) is 1.69. The van der Waals surface area contributed by atoms with E-state index >= 15 is 0 Å². The highest BCUT2D eigenvalue weighted by molar-refractivity contribution is 6.05. The molecule has 0 unspecified atom stereocenters. The lowest BCUT2D eigenvalue weighted by atomic mass is 9.96. The number of aliphatic carboxylic acids is 1. The van der Waals surface area contributed by atoms with Crippen molar-refractivity contribution in [2.75, 3.05) is 18.4 Å². The van der Waals surface area contributed by atoms with Gasteiger partial charge >= 0.3 is 5.97 Å². The number of hydrogen-bond donors (Lipinski definition) is 2. The van der Waals surface area contributed by atoms with Crippen molar-refractivity contribution in [3.63, 3.8) is 0 Å². The average Bonchev–Trinajstić information content (AvgIpc) is 3.10. The highest BCUT2D eigenvalue weighted by atomic mass is 16.4. The number of Topliss-reactive ketones (excluding diaryl/α,β-unsaturated/α-hetero) is 1. The topological polar surface area (TPSA) is 109 Å². The van der Waals surface area contributed by atoms with E-state index in [0.717, 1.165) is 0 Å². The number of benzene rings is 1. The first-order valence-corrected chi connectivity index (χ1v) is 9.37. The van der Waals surface area contributed by atoms with Gasteiger partial charge in [0.1, 0.15) is 5.69 Å². The molecule has 152 valence electrons. The van der Waals surface area contributed by atoms with Crippen LogP contribution in [0.15, 0.2) is 36.5 Å². The standard InChI is InChI=1S/C21H23N3O5/c1-13(25)16-11-18(23(2)12-16)19(26)22-17-5-3-14(4-6-17)20(27)24-9-7-15(8-10-24)21(28)29/h3-6,11-12,15H,7-10H2,1-2H3,(H,22,26)(H,28,29). The van der Waals surface area contributed by atoms with Crippen LogP contribution >= 0.6 is 0 Å². The van der Waals surface area contributed by atoms with E-state index in [2.05, 4.69) is 5.32 Å². The maximum Gasteiger partial charge on any atom is 0.306 e. The van der Waals surface area contributed by atoms with Gasteiger partial charge in [-0.2, -0.15) is 0 Å². The normalized spacial score (nSPS) is 14.5. The van der Waals surface area contributed by atoms with Crippen molar-refractivity contribution in [1.82, 2.24) is 9.47 Å².